The van der Waals surface area contributed by atoms with Crippen LogP contribution in [0.25, 0.3) is 16.2 Å². The quantitative estimate of drug-likeness (QED) is 0.626. The zero-order valence-corrected chi connectivity index (χ0v) is 17.0. The molecule has 1 saturated carbocycles. The molecule has 3 aromatic rings. The van der Waals surface area contributed by atoms with E-state index in [4.69, 9.17) is 0 Å². The van der Waals surface area contributed by atoms with E-state index in [2.05, 4.69) is 14.9 Å². The van der Waals surface area contributed by atoms with Gasteiger partial charge in [-0.2, -0.15) is 0 Å². The number of hydrogen-bond acceptors (Lipinski definition) is 6. The van der Waals surface area contributed by atoms with Crippen molar-refractivity contribution in [3.05, 3.63) is 33.4 Å². The fraction of sp³-hybridized carbons (Fsp3) is 0.438. The van der Waals surface area contributed by atoms with Crippen molar-refractivity contribution in [2.24, 2.45) is 0 Å². The summed E-state index contributed by atoms with van der Waals surface area (Å²) in [6.45, 7) is 3.51. The lowest BCUT2D eigenvalue weighted by Gasteiger charge is -2.13. The van der Waals surface area contributed by atoms with E-state index in [-0.39, 0.29) is 22.7 Å². The Balaban J connectivity index is 1.96. The van der Waals surface area contributed by atoms with Gasteiger partial charge in [0.1, 0.15) is 10.7 Å². The minimum absolute atomic E-state index is 0.0385. The van der Waals surface area contributed by atoms with Crippen LogP contribution in [0.3, 0.4) is 0 Å². The smallest absolute Gasteiger partial charge is 0.292 e. The fourth-order valence-electron chi connectivity index (χ4n) is 3.02. The van der Waals surface area contributed by atoms with Gasteiger partial charge in [0, 0.05) is 18.2 Å². The molecular weight excluding hydrogens is 431 g/mol. The molecule has 1 aliphatic rings. The Hall–Kier alpha value is -2.25. The molecule has 13 heteroatoms. The Labute approximate surface area is 167 Å². The molecule has 0 spiro atoms. The topological polar surface area (TPSA) is 98.9 Å². The summed E-state index contributed by atoms with van der Waals surface area (Å²) in [5, 5.41) is 6.26. The van der Waals surface area contributed by atoms with E-state index < -0.39 is 43.4 Å². The van der Waals surface area contributed by atoms with Crippen LogP contribution >= 0.6 is 11.3 Å². The second-order valence-corrected chi connectivity index (χ2v) is 9.66. The highest BCUT2D eigenvalue weighted by atomic mass is 32.2. The molecule has 0 amide bonds. The van der Waals surface area contributed by atoms with Gasteiger partial charge in [0.15, 0.2) is 5.01 Å². The molecule has 29 heavy (non-hydrogen) atoms. The summed E-state index contributed by atoms with van der Waals surface area (Å²) in [5.41, 5.74) is -1.12. The molecular formula is C16H16F3N5O3S2. The van der Waals surface area contributed by atoms with Crippen molar-refractivity contribution in [2.75, 3.05) is 0 Å². The average molecular weight is 447 g/mol. The van der Waals surface area contributed by atoms with Crippen LogP contribution in [0, 0.1) is 5.82 Å². The zero-order chi connectivity index (χ0) is 21.1. The van der Waals surface area contributed by atoms with Crippen LogP contribution in [-0.2, 0) is 16.6 Å². The molecule has 0 bridgehead atoms. The second-order valence-electron chi connectivity index (χ2n) is 7.02. The molecule has 2 aromatic heterocycles. The summed E-state index contributed by atoms with van der Waals surface area (Å²) in [6, 6.07) is 1.98. The Morgan fingerprint density at radius 2 is 1.97 bits per heavy atom. The Kier molecular flexibility index (Phi) is 4.59. The highest BCUT2D eigenvalue weighted by Gasteiger charge is 2.42. The summed E-state index contributed by atoms with van der Waals surface area (Å²) in [6.07, 6.45) is -1.60. The fourth-order valence-corrected chi connectivity index (χ4v) is 5.28. The van der Waals surface area contributed by atoms with Gasteiger partial charge in [-0.1, -0.05) is 11.3 Å². The van der Waals surface area contributed by atoms with Crippen molar-refractivity contribution in [3.8, 4) is 5.13 Å². The first-order valence-electron chi connectivity index (χ1n) is 8.67. The number of nitrogens with one attached hydrogen (secondary N) is 1. The third kappa shape index (κ3) is 3.36. The van der Waals surface area contributed by atoms with Crippen LogP contribution < -0.4 is 10.4 Å². The lowest BCUT2D eigenvalue weighted by Crippen LogP contribution is -2.34. The van der Waals surface area contributed by atoms with Crippen molar-refractivity contribution in [3.63, 3.8) is 0 Å². The molecule has 0 unspecified atom stereocenters. The predicted molar refractivity (Wildman–Crippen MR) is 99.6 cm³/mol. The Bertz CT molecular complexity index is 1270. The molecule has 0 radical (unpaired) electrons. The van der Waals surface area contributed by atoms with Gasteiger partial charge in [0.05, 0.1) is 11.0 Å². The van der Waals surface area contributed by atoms with Gasteiger partial charge in [-0.05, 0) is 32.8 Å². The van der Waals surface area contributed by atoms with Crippen LogP contribution in [0.15, 0.2) is 21.8 Å². The summed E-state index contributed by atoms with van der Waals surface area (Å²) in [4.78, 5) is 12.2. The SMILES string of the molecule is CCn1c(=O)n(-c2nnc(C(F)F)s2)c2cc(S(=O)(=O)NC3(C)CC3)c(F)cc21. The lowest BCUT2D eigenvalue weighted by atomic mass is 10.3. The normalized spacial score (nSPS) is 16.1. The van der Waals surface area contributed by atoms with E-state index in [9.17, 15) is 26.4 Å². The molecule has 0 saturated heterocycles. The van der Waals surface area contributed by atoms with E-state index in [1.54, 1.807) is 13.8 Å². The van der Waals surface area contributed by atoms with Gasteiger partial charge in [-0.25, -0.2) is 35.7 Å². The number of aromatic nitrogens is 4. The molecule has 1 aliphatic carbocycles. The Morgan fingerprint density at radius 1 is 1.28 bits per heavy atom. The van der Waals surface area contributed by atoms with Crippen LogP contribution in [-0.4, -0.2) is 33.3 Å². The summed E-state index contributed by atoms with van der Waals surface area (Å²) in [5.74, 6) is -1.01. The number of alkyl halides is 2. The molecule has 1 aromatic carbocycles. The standard InChI is InChI=1S/C16H16F3N5O3S2/c1-3-23-9-6-8(17)11(29(26,27)22-16(2)4-5-16)7-10(9)24(15(23)25)14-21-20-13(28-14)12(18)19/h6-7,12,22H,3-5H2,1-2H3. The third-order valence-corrected chi connectivity index (χ3v) is 7.35. The van der Waals surface area contributed by atoms with Crippen molar-refractivity contribution in [1.82, 2.24) is 24.1 Å². The summed E-state index contributed by atoms with van der Waals surface area (Å²) < 4.78 is 70.5. The molecule has 0 atom stereocenters. The largest absolute Gasteiger partial charge is 0.335 e. The number of hydrogen-bond donors (Lipinski definition) is 1. The number of halogens is 3. The van der Waals surface area contributed by atoms with E-state index in [1.807, 2.05) is 0 Å². The van der Waals surface area contributed by atoms with Crippen molar-refractivity contribution < 1.29 is 21.6 Å². The van der Waals surface area contributed by atoms with Gasteiger partial charge in [0.25, 0.3) is 6.43 Å². The number of benzene rings is 1. The van der Waals surface area contributed by atoms with E-state index in [0.29, 0.717) is 24.2 Å². The van der Waals surface area contributed by atoms with Gasteiger partial charge in [-0.15, -0.1) is 10.2 Å². The van der Waals surface area contributed by atoms with Crippen LogP contribution in [0.5, 0.6) is 0 Å². The summed E-state index contributed by atoms with van der Waals surface area (Å²) in [7, 11) is -4.20. The van der Waals surface area contributed by atoms with Crippen LogP contribution in [0.4, 0.5) is 13.2 Å². The van der Waals surface area contributed by atoms with Gasteiger partial charge in [-0.3, -0.25) is 4.57 Å². The molecule has 156 valence electrons. The maximum atomic E-state index is 14.7. The molecule has 4 rings (SSSR count). The average Bonchev–Trinajstić information content (AvgIpc) is 3.05. The van der Waals surface area contributed by atoms with Crippen molar-refractivity contribution in [1.29, 1.82) is 0 Å². The number of fused-ring (bicyclic) bond motifs is 1. The van der Waals surface area contributed by atoms with Crippen LogP contribution in [0.1, 0.15) is 38.1 Å². The molecule has 1 N–H and O–H groups in total. The zero-order valence-electron chi connectivity index (χ0n) is 15.3. The first-order chi connectivity index (χ1) is 13.6. The van der Waals surface area contributed by atoms with E-state index >= 15 is 0 Å². The maximum absolute atomic E-state index is 14.7. The molecule has 1 fully saturated rings. The lowest BCUT2D eigenvalue weighted by molar-refractivity contribution is 0.150. The number of sulfonamides is 1. The molecule has 8 nitrogen and oxygen atoms in total. The minimum atomic E-state index is -4.20. The highest BCUT2D eigenvalue weighted by molar-refractivity contribution is 7.89. The molecule has 0 aliphatic heterocycles. The third-order valence-electron chi connectivity index (χ3n) is 4.78. The monoisotopic (exact) mass is 447 g/mol. The maximum Gasteiger partial charge on any atom is 0.335 e. The predicted octanol–water partition coefficient (Wildman–Crippen LogP) is 2.57. The summed E-state index contributed by atoms with van der Waals surface area (Å²) >= 11 is 0.503. The number of imidazole rings is 1. The minimum Gasteiger partial charge on any atom is -0.292 e. The van der Waals surface area contributed by atoms with Gasteiger partial charge >= 0.3 is 5.69 Å². The first-order valence-corrected chi connectivity index (χ1v) is 11.0. The van der Waals surface area contributed by atoms with Gasteiger partial charge in [0.2, 0.25) is 15.2 Å². The number of nitrogens with zero attached hydrogens (tertiary/aromatic N) is 4. The Morgan fingerprint density at radius 3 is 2.52 bits per heavy atom. The molecule has 2 heterocycles. The van der Waals surface area contributed by atoms with E-state index in [1.165, 1.54) is 4.57 Å². The van der Waals surface area contributed by atoms with Gasteiger partial charge < -0.3 is 0 Å². The van der Waals surface area contributed by atoms with E-state index in [0.717, 1.165) is 16.7 Å². The first kappa shape index (κ1) is 20.0. The number of rotatable bonds is 6. The van der Waals surface area contributed by atoms with Crippen molar-refractivity contribution >= 4 is 32.4 Å². The van der Waals surface area contributed by atoms with Crippen molar-refractivity contribution in [2.45, 2.75) is 50.1 Å². The highest BCUT2D eigenvalue weighted by Crippen LogP contribution is 2.36. The number of aryl methyl sites for hydroxylation is 1. The van der Waals surface area contributed by atoms with Crippen LogP contribution in [0.2, 0.25) is 0 Å². The second kappa shape index (κ2) is 6.64.